The van der Waals surface area contributed by atoms with Crippen LogP contribution in [0.15, 0.2) is 24.3 Å². The lowest BCUT2D eigenvalue weighted by atomic mass is 9.74. The minimum atomic E-state index is 0.347. The van der Waals surface area contributed by atoms with Gasteiger partial charge in [0.2, 0.25) is 0 Å². The minimum Gasteiger partial charge on any atom is -0.399 e. The Morgan fingerprint density at radius 2 is 1.75 bits per heavy atom. The number of piperidine rings is 1. The summed E-state index contributed by atoms with van der Waals surface area (Å²) in [5, 5.41) is 0. The molecule has 1 aromatic rings. The van der Waals surface area contributed by atoms with Gasteiger partial charge in [-0.05, 0) is 55.6 Å². The van der Waals surface area contributed by atoms with E-state index in [4.69, 9.17) is 5.73 Å². The van der Waals surface area contributed by atoms with E-state index in [2.05, 4.69) is 30.9 Å². The smallest absolute Gasteiger partial charge is 0.0314 e. The summed E-state index contributed by atoms with van der Waals surface area (Å²) in [7, 11) is 0. The van der Waals surface area contributed by atoms with Gasteiger partial charge in [-0.3, -0.25) is 0 Å². The number of hydrogen-bond donors (Lipinski definition) is 1. The van der Waals surface area contributed by atoms with E-state index in [0.717, 1.165) is 5.69 Å². The molecule has 1 aliphatic rings. The van der Waals surface area contributed by atoms with Gasteiger partial charge in [0.05, 0.1) is 0 Å². The van der Waals surface area contributed by atoms with E-state index in [9.17, 15) is 0 Å². The van der Waals surface area contributed by atoms with Crippen LogP contribution in [0.25, 0.3) is 0 Å². The van der Waals surface area contributed by atoms with E-state index in [0.29, 0.717) is 5.41 Å². The third-order valence-electron chi connectivity index (χ3n) is 4.01. The summed E-state index contributed by atoms with van der Waals surface area (Å²) in [5.74, 6) is 0. The summed E-state index contributed by atoms with van der Waals surface area (Å²) in [6, 6.07) is 8.42. The Balaban J connectivity index is 2.11. The van der Waals surface area contributed by atoms with Crippen molar-refractivity contribution >= 4 is 5.69 Å². The van der Waals surface area contributed by atoms with Crippen LogP contribution in [0.5, 0.6) is 0 Å². The molecule has 0 amide bonds. The molecule has 0 spiro atoms. The predicted octanol–water partition coefficient (Wildman–Crippen LogP) is 2.64. The molecular formula is C14H22N2. The molecule has 0 unspecified atom stereocenters. The Kier molecular flexibility index (Phi) is 3.20. The Hall–Kier alpha value is -1.02. The van der Waals surface area contributed by atoms with Crippen molar-refractivity contribution in [1.82, 2.24) is 4.90 Å². The van der Waals surface area contributed by atoms with Crippen LogP contribution in [0, 0.1) is 0 Å². The summed E-state index contributed by atoms with van der Waals surface area (Å²) in [4.78, 5) is 2.53. The number of nitrogens with zero attached hydrogens (tertiary/aromatic N) is 1. The second kappa shape index (κ2) is 4.46. The van der Waals surface area contributed by atoms with E-state index in [1.54, 1.807) is 0 Å². The number of hydrogen-bond acceptors (Lipinski definition) is 2. The topological polar surface area (TPSA) is 29.3 Å². The van der Waals surface area contributed by atoms with Crippen molar-refractivity contribution in [2.24, 2.45) is 0 Å². The van der Waals surface area contributed by atoms with E-state index < -0.39 is 0 Å². The molecule has 1 fully saturated rings. The van der Waals surface area contributed by atoms with Gasteiger partial charge in [0, 0.05) is 5.69 Å². The van der Waals surface area contributed by atoms with Gasteiger partial charge in [0.15, 0.2) is 0 Å². The van der Waals surface area contributed by atoms with Crippen LogP contribution in [-0.4, -0.2) is 24.5 Å². The van der Waals surface area contributed by atoms with Gasteiger partial charge in [-0.1, -0.05) is 26.0 Å². The molecule has 2 heteroatoms. The molecule has 0 radical (unpaired) electrons. The zero-order chi connectivity index (χ0) is 11.6. The van der Waals surface area contributed by atoms with Crippen LogP contribution in [-0.2, 0) is 5.41 Å². The van der Waals surface area contributed by atoms with Crippen LogP contribution in [0.1, 0.15) is 32.3 Å². The van der Waals surface area contributed by atoms with Gasteiger partial charge in [-0.2, -0.15) is 0 Å². The average molecular weight is 218 g/mol. The molecule has 2 N–H and O–H groups in total. The number of benzene rings is 1. The van der Waals surface area contributed by atoms with Crippen LogP contribution < -0.4 is 5.73 Å². The number of anilines is 1. The molecule has 2 rings (SSSR count). The fourth-order valence-electron chi connectivity index (χ4n) is 2.54. The minimum absolute atomic E-state index is 0.347. The van der Waals surface area contributed by atoms with Gasteiger partial charge in [-0.15, -0.1) is 0 Å². The maximum Gasteiger partial charge on any atom is 0.0314 e. The fraction of sp³-hybridized carbons (Fsp3) is 0.571. The van der Waals surface area contributed by atoms with Crippen molar-refractivity contribution in [3.63, 3.8) is 0 Å². The maximum atomic E-state index is 5.73. The normalized spacial score (nSPS) is 20.9. The van der Waals surface area contributed by atoms with Gasteiger partial charge in [0.1, 0.15) is 0 Å². The third-order valence-corrected chi connectivity index (χ3v) is 4.01. The van der Waals surface area contributed by atoms with Gasteiger partial charge in [0.25, 0.3) is 0 Å². The van der Waals surface area contributed by atoms with Crippen LogP contribution in [0.2, 0.25) is 0 Å². The molecule has 16 heavy (non-hydrogen) atoms. The number of rotatable bonds is 2. The number of nitrogens with two attached hydrogens (primary N) is 1. The number of likely N-dealkylation sites (tertiary alicyclic amines) is 1. The van der Waals surface area contributed by atoms with Crippen molar-refractivity contribution < 1.29 is 0 Å². The first kappa shape index (κ1) is 11.5. The summed E-state index contributed by atoms with van der Waals surface area (Å²) < 4.78 is 0. The standard InChI is InChI=1S/C14H22N2/c1-3-16-10-8-14(2,9-11-16)12-4-6-13(15)7-5-12/h4-7H,3,8-11,15H2,1-2H3. The first-order valence-corrected chi connectivity index (χ1v) is 6.22. The molecule has 1 saturated heterocycles. The molecule has 1 aromatic carbocycles. The fourth-order valence-corrected chi connectivity index (χ4v) is 2.54. The Labute approximate surface area is 98.4 Å². The predicted molar refractivity (Wildman–Crippen MR) is 69.6 cm³/mol. The lowest BCUT2D eigenvalue weighted by Gasteiger charge is -2.39. The highest BCUT2D eigenvalue weighted by Gasteiger charge is 2.30. The summed E-state index contributed by atoms with van der Waals surface area (Å²) >= 11 is 0. The highest BCUT2D eigenvalue weighted by molar-refractivity contribution is 5.41. The lowest BCUT2D eigenvalue weighted by Crippen LogP contribution is -2.40. The lowest BCUT2D eigenvalue weighted by molar-refractivity contribution is 0.176. The molecule has 0 saturated carbocycles. The Bertz CT molecular complexity index is 334. The van der Waals surface area contributed by atoms with Crippen molar-refractivity contribution in [2.45, 2.75) is 32.1 Å². The maximum absolute atomic E-state index is 5.73. The highest BCUT2D eigenvalue weighted by atomic mass is 15.1. The number of nitrogen functional groups attached to an aromatic ring is 1. The van der Waals surface area contributed by atoms with Gasteiger partial charge >= 0.3 is 0 Å². The van der Waals surface area contributed by atoms with Crippen molar-refractivity contribution in [1.29, 1.82) is 0 Å². The molecule has 88 valence electrons. The third kappa shape index (κ3) is 2.22. The second-order valence-corrected chi connectivity index (χ2v) is 5.12. The van der Waals surface area contributed by atoms with E-state index in [-0.39, 0.29) is 0 Å². The first-order valence-electron chi connectivity index (χ1n) is 6.22. The van der Waals surface area contributed by atoms with Crippen molar-refractivity contribution in [2.75, 3.05) is 25.4 Å². The Morgan fingerprint density at radius 1 is 1.19 bits per heavy atom. The monoisotopic (exact) mass is 218 g/mol. The van der Waals surface area contributed by atoms with Crippen molar-refractivity contribution in [3.8, 4) is 0 Å². The molecule has 0 atom stereocenters. The molecule has 1 aliphatic heterocycles. The SMILES string of the molecule is CCN1CCC(C)(c2ccc(N)cc2)CC1. The highest BCUT2D eigenvalue weighted by Crippen LogP contribution is 2.35. The Morgan fingerprint density at radius 3 is 2.25 bits per heavy atom. The van der Waals surface area contributed by atoms with Crippen LogP contribution >= 0.6 is 0 Å². The molecule has 0 aromatic heterocycles. The second-order valence-electron chi connectivity index (χ2n) is 5.12. The van der Waals surface area contributed by atoms with E-state index >= 15 is 0 Å². The van der Waals surface area contributed by atoms with E-state index in [1.807, 2.05) is 12.1 Å². The first-order chi connectivity index (χ1) is 7.64. The van der Waals surface area contributed by atoms with E-state index in [1.165, 1.54) is 38.0 Å². The quantitative estimate of drug-likeness (QED) is 0.773. The largest absolute Gasteiger partial charge is 0.399 e. The molecule has 1 heterocycles. The molecular weight excluding hydrogens is 196 g/mol. The zero-order valence-corrected chi connectivity index (χ0v) is 10.4. The van der Waals surface area contributed by atoms with Gasteiger partial charge in [-0.25, -0.2) is 0 Å². The van der Waals surface area contributed by atoms with Crippen LogP contribution in [0.3, 0.4) is 0 Å². The zero-order valence-electron chi connectivity index (χ0n) is 10.4. The molecule has 0 aliphatic carbocycles. The van der Waals surface area contributed by atoms with Gasteiger partial charge < -0.3 is 10.6 Å². The summed E-state index contributed by atoms with van der Waals surface area (Å²) in [5.41, 5.74) is 8.38. The molecule has 0 bridgehead atoms. The van der Waals surface area contributed by atoms with Crippen LogP contribution in [0.4, 0.5) is 5.69 Å². The summed E-state index contributed by atoms with van der Waals surface area (Å²) in [6.45, 7) is 8.24. The average Bonchev–Trinajstić information content (AvgIpc) is 2.31. The summed E-state index contributed by atoms with van der Waals surface area (Å²) in [6.07, 6.45) is 2.51. The van der Waals surface area contributed by atoms with Crippen molar-refractivity contribution in [3.05, 3.63) is 29.8 Å². The molecule has 2 nitrogen and oxygen atoms in total.